The third-order valence-corrected chi connectivity index (χ3v) is 6.07. The Balaban J connectivity index is 1.52. The monoisotopic (exact) mass is 420 g/mol. The van der Waals surface area contributed by atoms with Crippen LogP contribution in [0.3, 0.4) is 0 Å². The number of aliphatic imine (C=N–C) groups is 1. The number of amides is 1. The molecule has 1 saturated carbocycles. The van der Waals surface area contributed by atoms with Crippen LogP contribution in [-0.4, -0.2) is 54.1 Å². The maximum absolute atomic E-state index is 12.8. The summed E-state index contributed by atoms with van der Waals surface area (Å²) >= 11 is 5.91. The number of rotatable bonds is 6. The average molecular weight is 421 g/mol. The van der Waals surface area contributed by atoms with Crippen molar-refractivity contribution in [2.45, 2.75) is 57.6 Å². The van der Waals surface area contributed by atoms with Crippen LogP contribution in [0.25, 0.3) is 0 Å². The minimum atomic E-state index is -0.685. The van der Waals surface area contributed by atoms with Crippen molar-refractivity contribution in [3.8, 4) is 0 Å². The SMILES string of the molecule is CCNC(=NCC(O)c1ccc(Cl)cc1)NC1CCN(C(=O)C2CCCCC2)C1. The van der Waals surface area contributed by atoms with Gasteiger partial charge in [0.2, 0.25) is 5.91 Å². The normalized spacial score (nSPS) is 21.8. The molecule has 0 spiro atoms. The molecule has 1 aromatic rings. The molecule has 1 aliphatic heterocycles. The van der Waals surface area contributed by atoms with Gasteiger partial charge in [0.25, 0.3) is 0 Å². The molecule has 1 saturated heterocycles. The van der Waals surface area contributed by atoms with Crippen LogP contribution >= 0.6 is 11.6 Å². The minimum Gasteiger partial charge on any atom is -0.386 e. The maximum atomic E-state index is 12.8. The first-order chi connectivity index (χ1) is 14.1. The quantitative estimate of drug-likeness (QED) is 0.488. The number of benzene rings is 1. The van der Waals surface area contributed by atoms with Gasteiger partial charge in [0.1, 0.15) is 0 Å². The van der Waals surface area contributed by atoms with Crippen LogP contribution in [0.5, 0.6) is 0 Å². The van der Waals surface area contributed by atoms with Gasteiger partial charge in [-0.05, 0) is 43.9 Å². The third-order valence-electron chi connectivity index (χ3n) is 5.82. The average Bonchev–Trinajstić information content (AvgIpc) is 3.21. The number of carbonyl (C=O) groups is 1. The highest BCUT2D eigenvalue weighted by atomic mass is 35.5. The summed E-state index contributed by atoms with van der Waals surface area (Å²) in [7, 11) is 0. The lowest BCUT2D eigenvalue weighted by molar-refractivity contribution is -0.135. The fourth-order valence-corrected chi connectivity index (χ4v) is 4.29. The highest BCUT2D eigenvalue weighted by Gasteiger charge is 2.31. The van der Waals surface area contributed by atoms with Crippen molar-refractivity contribution in [2.24, 2.45) is 10.9 Å². The molecule has 6 nitrogen and oxygen atoms in total. The van der Waals surface area contributed by atoms with Crippen molar-refractivity contribution >= 4 is 23.5 Å². The van der Waals surface area contributed by atoms with Gasteiger partial charge in [0.15, 0.2) is 5.96 Å². The topological polar surface area (TPSA) is 77.0 Å². The second kappa shape index (κ2) is 10.8. The Bertz CT molecular complexity index is 689. The molecule has 3 N–H and O–H groups in total. The lowest BCUT2D eigenvalue weighted by Crippen LogP contribution is -2.45. The van der Waals surface area contributed by atoms with Crippen LogP contribution < -0.4 is 10.6 Å². The molecule has 0 radical (unpaired) electrons. The Morgan fingerprint density at radius 2 is 1.97 bits per heavy atom. The summed E-state index contributed by atoms with van der Waals surface area (Å²) in [5.41, 5.74) is 0.791. The van der Waals surface area contributed by atoms with E-state index in [1.54, 1.807) is 12.1 Å². The number of carbonyl (C=O) groups excluding carboxylic acids is 1. The maximum Gasteiger partial charge on any atom is 0.225 e. The molecule has 1 amide bonds. The van der Waals surface area contributed by atoms with E-state index >= 15 is 0 Å². The molecule has 2 unspecified atom stereocenters. The Morgan fingerprint density at radius 3 is 2.66 bits per heavy atom. The van der Waals surface area contributed by atoms with Gasteiger partial charge in [0.05, 0.1) is 12.6 Å². The van der Waals surface area contributed by atoms with Crippen LogP contribution in [0.2, 0.25) is 5.02 Å². The Hall–Kier alpha value is -1.79. The second-order valence-electron chi connectivity index (χ2n) is 8.04. The van der Waals surface area contributed by atoms with Crippen molar-refractivity contribution < 1.29 is 9.90 Å². The summed E-state index contributed by atoms with van der Waals surface area (Å²) in [6.45, 7) is 4.54. The fourth-order valence-electron chi connectivity index (χ4n) is 4.17. The van der Waals surface area contributed by atoms with E-state index in [1.807, 2.05) is 24.0 Å². The van der Waals surface area contributed by atoms with Crippen molar-refractivity contribution in [1.82, 2.24) is 15.5 Å². The van der Waals surface area contributed by atoms with Crippen molar-refractivity contribution in [2.75, 3.05) is 26.2 Å². The molecule has 3 rings (SSSR count). The highest BCUT2D eigenvalue weighted by molar-refractivity contribution is 6.30. The number of halogens is 1. The summed E-state index contributed by atoms with van der Waals surface area (Å²) in [6.07, 6.45) is 5.94. The Morgan fingerprint density at radius 1 is 1.24 bits per heavy atom. The lowest BCUT2D eigenvalue weighted by atomic mass is 9.88. The molecule has 1 heterocycles. The summed E-state index contributed by atoms with van der Waals surface area (Å²) in [4.78, 5) is 19.3. The molecular weight excluding hydrogens is 388 g/mol. The van der Waals surface area contributed by atoms with Crippen LogP contribution in [0.15, 0.2) is 29.3 Å². The van der Waals surface area contributed by atoms with Crippen molar-refractivity contribution in [1.29, 1.82) is 0 Å². The number of hydrogen-bond acceptors (Lipinski definition) is 3. The minimum absolute atomic E-state index is 0.188. The number of hydrogen-bond donors (Lipinski definition) is 3. The Labute approximate surface area is 178 Å². The smallest absolute Gasteiger partial charge is 0.225 e. The first-order valence-corrected chi connectivity index (χ1v) is 11.2. The van der Waals surface area contributed by atoms with Gasteiger partial charge in [-0.15, -0.1) is 0 Å². The fraction of sp³-hybridized carbons (Fsp3) is 0.636. The number of nitrogens with one attached hydrogen (secondary N) is 2. The van der Waals surface area contributed by atoms with Gasteiger partial charge >= 0.3 is 0 Å². The molecule has 1 aliphatic carbocycles. The number of nitrogens with zero attached hydrogens (tertiary/aromatic N) is 2. The number of aliphatic hydroxyl groups is 1. The molecule has 7 heteroatoms. The van der Waals surface area contributed by atoms with Crippen molar-refractivity contribution in [3.05, 3.63) is 34.9 Å². The zero-order valence-electron chi connectivity index (χ0n) is 17.2. The van der Waals surface area contributed by atoms with Gasteiger partial charge < -0.3 is 20.6 Å². The largest absolute Gasteiger partial charge is 0.386 e. The zero-order valence-corrected chi connectivity index (χ0v) is 18.0. The summed E-state index contributed by atoms with van der Waals surface area (Å²) in [5, 5.41) is 17.7. The molecule has 0 bridgehead atoms. The standard InChI is InChI=1S/C22H33ClN4O2/c1-2-24-22(25-14-20(28)16-8-10-18(23)11-9-16)26-19-12-13-27(15-19)21(29)17-6-4-3-5-7-17/h8-11,17,19-20,28H,2-7,12-15H2,1H3,(H2,24,25,26). The molecule has 2 atom stereocenters. The lowest BCUT2D eigenvalue weighted by Gasteiger charge is -2.26. The van der Waals surface area contributed by atoms with Crippen LogP contribution in [-0.2, 0) is 4.79 Å². The second-order valence-corrected chi connectivity index (χ2v) is 8.47. The molecule has 2 aliphatic rings. The summed E-state index contributed by atoms with van der Waals surface area (Å²) in [6, 6.07) is 7.35. The van der Waals surface area contributed by atoms with Gasteiger partial charge in [-0.2, -0.15) is 0 Å². The predicted molar refractivity (Wildman–Crippen MR) is 117 cm³/mol. The number of guanidine groups is 1. The molecular formula is C22H33ClN4O2. The van der Waals surface area contributed by atoms with E-state index in [4.69, 9.17) is 11.6 Å². The van der Waals surface area contributed by atoms with E-state index in [9.17, 15) is 9.90 Å². The van der Waals surface area contributed by atoms with E-state index in [1.165, 1.54) is 19.3 Å². The first kappa shape index (κ1) is 21.9. The summed E-state index contributed by atoms with van der Waals surface area (Å²) in [5.74, 6) is 1.23. The van der Waals surface area contributed by atoms with Crippen LogP contribution in [0, 0.1) is 5.92 Å². The highest BCUT2D eigenvalue weighted by Crippen LogP contribution is 2.26. The van der Waals surface area contributed by atoms with Gasteiger partial charge in [0, 0.05) is 36.6 Å². The van der Waals surface area contributed by atoms with Gasteiger partial charge in [-0.1, -0.05) is 43.0 Å². The van der Waals surface area contributed by atoms with E-state index in [0.29, 0.717) is 16.9 Å². The predicted octanol–water partition coefficient (Wildman–Crippen LogP) is 3.11. The van der Waals surface area contributed by atoms with Crippen molar-refractivity contribution in [3.63, 3.8) is 0 Å². The number of aliphatic hydroxyl groups excluding tert-OH is 1. The molecule has 0 aromatic heterocycles. The van der Waals surface area contributed by atoms with Crippen LogP contribution in [0.1, 0.15) is 57.1 Å². The Kier molecular flexibility index (Phi) is 8.19. The van der Waals surface area contributed by atoms with E-state index in [0.717, 1.165) is 44.5 Å². The van der Waals surface area contributed by atoms with Gasteiger partial charge in [-0.3, -0.25) is 9.79 Å². The van der Waals surface area contributed by atoms with Crippen LogP contribution in [0.4, 0.5) is 0 Å². The van der Waals surface area contributed by atoms with E-state index in [2.05, 4.69) is 15.6 Å². The van der Waals surface area contributed by atoms with E-state index in [-0.39, 0.29) is 18.5 Å². The molecule has 1 aromatic carbocycles. The molecule has 29 heavy (non-hydrogen) atoms. The first-order valence-electron chi connectivity index (χ1n) is 10.8. The molecule has 2 fully saturated rings. The van der Waals surface area contributed by atoms with E-state index < -0.39 is 6.10 Å². The van der Waals surface area contributed by atoms with Gasteiger partial charge in [-0.25, -0.2) is 0 Å². The number of likely N-dealkylation sites (tertiary alicyclic amines) is 1. The molecule has 160 valence electrons. The third kappa shape index (κ3) is 6.34. The summed E-state index contributed by atoms with van der Waals surface area (Å²) < 4.78 is 0. The zero-order chi connectivity index (χ0) is 20.6.